The van der Waals surface area contributed by atoms with Crippen molar-refractivity contribution in [3.8, 4) is 11.5 Å². The summed E-state index contributed by atoms with van der Waals surface area (Å²) in [7, 11) is 1.38. The van der Waals surface area contributed by atoms with Gasteiger partial charge in [0.2, 0.25) is 0 Å². The average molecular weight is 570 g/mol. The Morgan fingerprint density at radius 3 is 2.30 bits per heavy atom. The van der Waals surface area contributed by atoms with Crippen molar-refractivity contribution in [1.29, 1.82) is 0 Å². The fraction of sp³-hybridized carbons (Fsp3) is 0.227. The molecular weight excluding hydrogens is 552 g/mol. The van der Waals surface area contributed by atoms with Gasteiger partial charge >= 0.3 is 12.1 Å². The molecule has 0 spiro atoms. The number of hydrogen-bond donors (Lipinski definition) is 1. The summed E-state index contributed by atoms with van der Waals surface area (Å²) in [5, 5.41) is 9.66. The van der Waals surface area contributed by atoms with E-state index < -0.39 is 23.2 Å². The number of carboxylic acids is 1. The van der Waals surface area contributed by atoms with Crippen molar-refractivity contribution in [2.75, 3.05) is 13.7 Å². The van der Waals surface area contributed by atoms with E-state index in [2.05, 4.69) is 15.9 Å². The summed E-state index contributed by atoms with van der Waals surface area (Å²) in [5.41, 5.74) is 0.985. The largest absolute Gasteiger partial charge is 0.500 e. The molecule has 0 bridgehead atoms. The van der Waals surface area contributed by atoms with Gasteiger partial charge in [0, 0.05) is 12.1 Å². The number of ether oxygens (including phenoxy) is 3. The molecule has 0 fully saturated rings. The molecule has 1 N–H and O–H groups in total. The normalized spacial score (nSPS) is 12.8. The Morgan fingerprint density at radius 2 is 1.76 bits per heavy atom. The lowest BCUT2D eigenvalue weighted by molar-refractivity contribution is -0.130. The van der Waals surface area contributed by atoms with Crippen molar-refractivity contribution in [2.24, 2.45) is 0 Å². The van der Waals surface area contributed by atoms with Crippen molar-refractivity contribution in [3.05, 3.63) is 73.9 Å². The second-order valence-corrected chi connectivity index (χ2v) is 8.13. The van der Waals surface area contributed by atoms with Gasteiger partial charge in [-0.2, -0.15) is 13.2 Å². The van der Waals surface area contributed by atoms with Gasteiger partial charge in [-0.15, -0.1) is 0 Å². The third-order valence-corrected chi connectivity index (χ3v) is 5.62. The van der Waals surface area contributed by atoms with Crippen LogP contribution in [0.3, 0.4) is 0 Å². The highest BCUT2D eigenvalue weighted by Gasteiger charge is 2.31. The molecule has 0 aromatic heterocycles. The zero-order valence-electron chi connectivity index (χ0n) is 17.3. The van der Waals surface area contributed by atoms with Gasteiger partial charge < -0.3 is 19.3 Å². The number of benzene rings is 2. The topological polar surface area (TPSA) is 65.0 Å². The van der Waals surface area contributed by atoms with Gasteiger partial charge in [-0.3, -0.25) is 0 Å². The minimum absolute atomic E-state index is 0.00313. The molecule has 5 nitrogen and oxygen atoms in total. The highest BCUT2D eigenvalue weighted by molar-refractivity contribution is 9.11. The van der Waals surface area contributed by atoms with Crippen molar-refractivity contribution >= 4 is 50.7 Å². The maximum atomic E-state index is 12.5. The maximum absolute atomic E-state index is 12.5. The van der Waals surface area contributed by atoms with Crippen LogP contribution in [0.1, 0.15) is 18.1 Å². The molecule has 2 aromatic carbocycles. The van der Waals surface area contributed by atoms with Crippen LogP contribution in [0.2, 0.25) is 10.0 Å². The molecule has 0 aliphatic carbocycles. The van der Waals surface area contributed by atoms with E-state index in [9.17, 15) is 23.1 Å². The summed E-state index contributed by atoms with van der Waals surface area (Å²) >= 11 is 14.7. The van der Waals surface area contributed by atoms with Crippen molar-refractivity contribution < 1.29 is 37.3 Å². The molecular formula is C22H18BrCl2F3O5. The molecule has 0 heterocycles. The number of rotatable bonds is 9. The molecule has 11 heteroatoms. The van der Waals surface area contributed by atoms with Crippen LogP contribution >= 0.6 is 39.1 Å². The lowest BCUT2D eigenvalue weighted by Crippen LogP contribution is -2.08. The Kier molecular flexibility index (Phi) is 9.51. The maximum Gasteiger partial charge on any atom is 0.422 e. The van der Waals surface area contributed by atoms with E-state index in [1.54, 1.807) is 31.2 Å². The number of aliphatic carboxylic acids is 1. The number of allylic oxidation sites excluding steroid dienone is 2. The Morgan fingerprint density at radius 1 is 1.15 bits per heavy atom. The summed E-state index contributed by atoms with van der Waals surface area (Å²) in [5.74, 6) is -0.672. The van der Waals surface area contributed by atoms with Crippen LogP contribution < -0.4 is 9.47 Å². The van der Waals surface area contributed by atoms with E-state index in [4.69, 9.17) is 37.4 Å². The molecule has 0 aliphatic rings. The summed E-state index contributed by atoms with van der Waals surface area (Å²) < 4.78 is 52.6. The molecule has 0 radical (unpaired) electrons. The van der Waals surface area contributed by atoms with Crippen LogP contribution in [-0.2, 0) is 16.1 Å². The Labute approximate surface area is 206 Å². The Balaban J connectivity index is 2.21. The average Bonchev–Trinajstić information content (AvgIpc) is 2.73. The highest BCUT2D eigenvalue weighted by Crippen LogP contribution is 2.38. The molecule has 0 saturated carbocycles. The molecule has 0 aliphatic heterocycles. The molecule has 0 unspecified atom stereocenters. The molecule has 0 saturated heterocycles. The van der Waals surface area contributed by atoms with Gasteiger partial charge in [-0.25, -0.2) is 4.79 Å². The van der Waals surface area contributed by atoms with Gasteiger partial charge in [0.25, 0.3) is 0 Å². The van der Waals surface area contributed by atoms with Crippen molar-refractivity contribution in [2.45, 2.75) is 19.7 Å². The molecule has 2 rings (SSSR count). The molecule has 0 amide bonds. The van der Waals surface area contributed by atoms with Gasteiger partial charge in [-0.1, -0.05) is 47.5 Å². The van der Waals surface area contributed by atoms with E-state index in [0.29, 0.717) is 11.1 Å². The molecule has 178 valence electrons. The summed E-state index contributed by atoms with van der Waals surface area (Å²) in [4.78, 5) is 11.7. The zero-order valence-corrected chi connectivity index (χ0v) is 20.4. The minimum atomic E-state index is -4.53. The summed E-state index contributed by atoms with van der Waals surface area (Å²) in [6.07, 6.45) is -3.73. The number of hydrogen-bond acceptors (Lipinski definition) is 4. The van der Waals surface area contributed by atoms with E-state index in [1.807, 2.05) is 0 Å². The second kappa shape index (κ2) is 11.7. The quantitative estimate of drug-likeness (QED) is 0.254. The van der Waals surface area contributed by atoms with Crippen molar-refractivity contribution in [1.82, 2.24) is 0 Å². The monoisotopic (exact) mass is 568 g/mol. The van der Waals surface area contributed by atoms with E-state index in [1.165, 1.54) is 19.2 Å². The number of carboxylic acid groups (broad SMARTS) is 1. The van der Waals surface area contributed by atoms with Crippen LogP contribution in [0.15, 0.2) is 52.7 Å². The molecule has 0 atom stereocenters. The number of methoxy groups -OCH3 is 1. The summed E-state index contributed by atoms with van der Waals surface area (Å²) in [6.45, 7) is 1.11. The van der Waals surface area contributed by atoms with Crippen molar-refractivity contribution in [3.63, 3.8) is 0 Å². The standard InChI is InChI=1S/C22H18BrCl2F3O5/c1-12(31-2)19(21(29)30)15-6-4-3-5-13(15)11-33-14-9-16(24)20(17(25)10-14)32-8-7-18(23)22(26,27)28/h3-7,9-10H,8,11H2,1-2H3,(H,29,30). The lowest BCUT2D eigenvalue weighted by Gasteiger charge is -2.15. The lowest BCUT2D eigenvalue weighted by atomic mass is 9.99. The Bertz CT molecular complexity index is 1060. The van der Waals surface area contributed by atoms with Gasteiger partial charge in [-0.05, 0) is 40.1 Å². The van der Waals surface area contributed by atoms with Crippen LogP contribution in [-0.4, -0.2) is 31.0 Å². The first-order chi connectivity index (χ1) is 15.5. The van der Waals surface area contributed by atoms with Gasteiger partial charge in [0.15, 0.2) is 5.75 Å². The van der Waals surface area contributed by atoms with Crippen LogP contribution in [0.25, 0.3) is 5.57 Å². The van der Waals surface area contributed by atoms with E-state index in [-0.39, 0.29) is 39.5 Å². The number of carbonyl (C=O) groups is 1. The molecule has 33 heavy (non-hydrogen) atoms. The zero-order chi connectivity index (χ0) is 24.8. The third kappa shape index (κ3) is 7.31. The second-order valence-electron chi connectivity index (χ2n) is 6.46. The predicted octanol–water partition coefficient (Wildman–Crippen LogP) is 7.25. The van der Waals surface area contributed by atoms with Crippen LogP contribution in [0.4, 0.5) is 13.2 Å². The first kappa shape index (κ1) is 26.9. The predicted molar refractivity (Wildman–Crippen MR) is 123 cm³/mol. The van der Waals surface area contributed by atoms with Crippen LogP contribution in [0.5, 0.6) is 11.5 Å². The third-order valence-electron chi connectivity index (χ3n) is 4.29. The molecule has 2 aromatic rings. The fourth-order valence-corrected chi connectivity index (χ4v) is 3.39. The fourth-order valence-electron chi connectivity index (χ4n) is 2.68. The van der Waals surface area contributed by atoms with Gasteiger partial charge in [0.05, 0.1) is 21.6 Å². The highest BCUT2D eigenvalue weighted by atomic mass is 79.9. The first-order valence-electron chi connectivity index (χ1n) is 9.19. The number of halogens is 6. The minimum Gasteiger partial charge on any atom is -0.500 e. The SMILES string of the molecule is COC(C)=C(C(=O)O)c1ccccc1COc1cc(Cl)c(OCC=C(Br)C(F)(F)F)c(Cl)c1. The van der Waals surface area contributed by atoms with E-state index in [0.717, 1.165) is 6.08 Å². The van der Waals surface area contributed by atoms with E-state index >= 15 is 0 Å². The van der Waals surface area contributed by atoms with Gasteiger partial charge in [0.1, 0.15) is 30.3 Å². The summed E-state index contributed by atoms with van der Waals surface area (Å²) in [6, 6.07) is 9.54. The smallest absolute Gasteiger partial charge is 0.422 e. The first-order valence-corrected chi connectivity index (χ1v) is 10.7. The Hall–Kier alpha value is -2.36. The number of alkyl halides is 3. The van der Waals surface area contributed by atoms with Crippen LogP contribution in [0, 0.1) is 0 Å².